The van der Waals surface area contributed by atoms with Gasteiger partial charge in [0.1, 0.15) is 0 Å². The Balaban J connectivity index is -0.000000294. The second-order valence-electron chi connectivity index (χ2n) is 3.13. The lowest BCUT2D eigenvalue weighted by molar-refractivity contribution is -0.176. The monoisotopic (exact) mass is 334 g/mol. The zero-order valence-electron chi connectivity index (χ0n) is 10.4. The summed E-state index contributed by atoms with van der Waals surface area (Å²) in [5, 5.41) is 77.1. The Hall–Kier alpha value is -2.36. The average molecular weight is 334 g/mol. The van der Waals surface area contributed by atoms with E-state index in [0.29, 0.717) is 0 Å². The Kier molecular flexibility index (Phi) is 13.9. The molecular formula is C8H14O14. The molecule has 4 unspecified atom stereocenters. The maximum absolute atomic E-state index is 9.77. The molecule has 0 aliphatic heterocycles. The molecule has 0 heterocycles. The van der Waals surface area contributed by atoms with Gasteiger partial charge in [0, 0.05) is 0 Å². The predicted molar refractivity (Wildman–Crippen MR) is 59.8 cm³/mol. The van der Waals surface area contributed by atoms with Crippen LogP contribution in [0.3, 0.4) is 0 Å². The molecule has 14 heteroatoms. The molecule has 0 amide bonds. The molecule has 0 aliphatic carbocycles. The summed E-state index contributed by atoms with van der Waals surface area (Å²) in [6.07, 6.45) is -9.06. The number of carboxylic acid groups (broad SMARTS) is 4. The smallest absolute Gasteiger partial charge is 0.335 e. The van der Waals surface area contributed by atoms with E-state index in [4.69, 9.17) is 51.4 Å². The lowest BCUT2D eigenvalue weighted by Crippen LogP contribution is -2.39. The van der Waals surface area contributed by atoms with Gasteiger partial charge in [-0.1, -0.05) is 0 Å². The summed E-state index contributed by atoms with van der Waals surface area (Å²) in [6, 6.07) is 0. The van der Waals surface area contributed by atoms with E-state index in [9.17, 15) is 19.2 Å². The van der Waals surface area contributed by atoms with Crippen LogP contribution in [0.15, 0.2) is 0 Å². The van der Waals surface area contributed by atoms with Crippen LogP contribution in [0.2, 0.25) is 0 Å². The van der Waals surface area contributed by atoms with Crippen LogP contribution < -0.4 is 0 Å². The molecule has 0 bridgehead atoms. The van der Waals surface area contributed by atoms with E-state index >= 15 is 0 Å². The Bertz CT molecular complexity index is 305. The van der Waals surface area contributed by atoms with E-state index in [1.807, 2.05) is 0 Å². The summed E-state index contributed by atoms with van der Waals surface area (Å²) in [5.41, 5.74) is 0. The fourth-order valence-corrected chi connectivity index (χ4v) is 0.540. The van der Waals surface area contributed by atoms with Crippen molar-refractivity contribution in [2.24, 2.45) is 0 Å². The van der Waals surface area contributed by atoms with Gasteiger partial charge in [0.25, 0.3) is 0 Å². The molecule has 0 fully saturated rings. The molecule has 0 aliphatic rings. The van der Waals surface area contributed by atoms with Crippen LogP contribution in [-0.4, -0.2) is 99.7 Å². The predicted octanol–water partition coefficient (Wildman–Crippen LogP) is -4.23. The minimum Gasteiger partial charge on any atom is -0.479 e. The Morgan fingerprint density at radius 2 is 0.545 bits per heavy atom. The number of hydrogen-bond donors (Lipinski definition) is 10. The molecule has 0 saturated heterocycles. The molecule has 0 rings (SSSR count). The first kappa shape index (κ1) is 24.6. The largest absolute Gasteiger partial charge is 0.479 e. The van der Waals surface area contributed by atoms with Gasteiger partial charge in [0.15, 0.2) is 24.4 Å². The lowest BCUT2D eigenvalue weighted by Gasteiger charge is -2.07. The highest BCUT2D eigenvalue weighted by molar-refractivity contribution is 5.83. The van der Waals surface area contributed by atoms with Crippen LogP contribution in [0.25, 0.3) is 0 Å². The highest BCUT2D eigenvalue weighted by Gasteiger charge is 2.30. The van der Waals surface area contributed by atoms with Crippen molar-refractivity contribution in [3.8, 4) is 0 Å². The van der Waals surface area contributed by atoms with Crippen LogP contribution in [-0.2, 0) is 19.2 Å². The van der Waals surface area contributed by atoms with Crippen molar-refractivity contribution in [1.82, 2.24) is 0 Å². The molecule has 4 atom stereocenters. The fraction of sp³-hybridized carbons (Fsp3) is 0.500. The van der Waals surface area contributed by atoms with Gasteiger partial charge in [-0.25, -0.2) is 19.2 Å². The van der Waals surface area contributed by atoms with Gasteiger partial charge in [0.05, 0.1) is 0 Å². The van der Waals surface area contributed by atoms with Crippen LogP contribution in [0.1, 0.15) is 0 Å². The van der Waals surface area contributed by atoms with Crippen molar-refractivity contribution < 1.29 is 70.5 Å². The molecule has 0 aromatic carbocycles. The van der Waals surface area contributed by atoms with Gasteiger partial charge in [-0.15, -0.1) is 0 Å². The number of aliphatic hydroxyl groups excluding tert-OH is 4. The number of carboxylic acids is 4. The van der Waals surface area contributed by atoms with Gasteiger partial charge >= 0.3 is 23.9 Å². The number of carbonyl (C=O) groups is 4. The molecule has 0 aromatic heterocycles. The van der Waals surface area contributed by atoms with E-state index in [-0.39, 0.29) is 0 Å². The molecule has 0 spiro atoms. The zero-order valence-corrected chi connectivity index (χ0v) is 10.4. The third kappa shape index (κ3) is 10.4. The lowest BCUT2D eigenvalue weighted by atomic mass is 10.2. The van der Waals surface area contributed by atoms with Crippen LogP contribution in [0.4, 0.5) is 0 Å². The second-order valence-corrected chi connectivity index (χ2v) is 3.13. The second kappa shape index (κ2) is 12.4. The molecule has 0 radical (unpaired) electrons. The van der Waals surface area contributed by atoms with Crippen LogP contribution in [0, 0.1) is 0 Å². The van der Waals surface area contributed by atoms with Crippen molar-refractivity contribution >= 4 is 23.9 Å². The minimum atomic E-state index is -2.27. The van der Waals surface area contributed by atoms with E-state index in [0.717, 1.165) is 0 Å². The molecule has 0 aromatic rings. The molecule has 10 N–H and O–H groups in total. The molecule has 130 valence electrons. The SMILES string of the molecule is O=C(O)C(O)C(O)C(=O)O.O=C(O)C(O)C(O)C(=O)O.OO. The maximum atomic E-state index is 9.77. The number of aliphatic carboxylic acids is 4. The average Bonchev–Trinajstić information content (AvgIpc) is 2.46. The van der Waals surface area contributed by atoms with Crippen molar-refractivity contribution in [1.29, 1.82) is 0 Å². The van der Waals surface area contributed by atoms with E-state index in [1.165, 1.54) is 0 Å². The zero-order chi connectivity index (χ0) is 18.6. The van der Waals surface area contributed by atoms with Crippen molar-refractivity contribution in [2.45, 2.75) is 24.4 Å². The van der Waals surface area contributed by atoms with Crippen molar-refractivity contribution in [2.75, 3.05) is 0 Å². The molecule has 22 heavy (non-hydrogen) atoms. The summed E-state index contributed by atoms with van der Waals surface area (Å²) in [5.74, 6) is -7.07. The first-order chi connectivity index (χ1) is 9.93. The van der Waals surface area contributed by atoms with Gasteiger partial charge < -0.3 is 40.9 Å². The van der Waals surface area contributed by atoms with Crippen LogP contribution >= 0.6 is 0 Å². The van der Waals surface area contributed by atoms with Crippen molar-refractivity contribution in [3.63, 3.8) is 0 Å². The number of aliphatic hydroxyl groups is 4. The van der Waals surface area contributed by atoms with Gasteiger partial charge in [-0.2, -0.15) is 0 Å². The Labute approximate surface area is 120 Å². The molecule has 0 saturated carbocycles. The Morgan fingerprint density at radius 3 is 0.591 bits per heavy atom. The van der Waals surface area contributed by atoms with Gasteiger partial charge in [0.2, 0.25) is 0 Å². The molecular weight excluding hydrogens is 320 g/mol. The highest BCUT2D eigenvalue weighted by atomic mass is 17.0. The highest BCUT2D eigenvalue weighted by Crippen LogP contribution is 1.93. The van der Waals surface area contributed by atoms with Crippen LogP contribution in [0.5, 0.6) is 0 Å². The van der Waals surface area contributed by atoms with Gasteiger partial charge in [-0.05, 0) is 0 Å². The van der Waals surface area contributed by atoms with E-state index < -0.39 is 48.3 Å². The summed E-state index contributed by atoms with van der Waals surface area (Å²) >= 11 is 0. The first-order valence-electron chi connectivity index (χ1n) is 4.77. The summed E-state index contributed by atoms with van der Waals surface area (Å²) in [7, 11) is 0. The molecule has 14 nitrogen and oxygen atoms in total. The third-order valence-electron chi connectivity index (χ3n) is 1.61. The summed E-state index contributed by atoms with van der Waals surface area (Å²) < 4.78 is 0. The fourth-order valence-electron chi connectivity index (χ4n) is 0.540. The third-order valence-corrected chi connectivity index (χ3v) is 1.61. The standard InChI is InChI=1S/2C4H6O6.H2O2/c2*5-1(3(7)8)2(6)4(9)10;1-2/h2*1-2,5-6H,(H,7,8)(H,9,10);1-2H. The van der Waals surface area contributed by atoms with Gasteiger partial charge in [-0.3, -0.25) is 10.5 Å². The normalized spacial score (nSPS) is 14.6. The van der Waals surface area contributed by atoms with E-state index in [2.05, 4.69) is 0 Å². The minimum absolute atomic E-state index is 1.77. The first-order valence-corrected chi connectivity index (χ1v) is 4.77. The number of hydrogen-bond acceptors (Lipinski definition) is 10. The summed E-state index contributed by atoms with van der Waals surface area (Å²) in [4.78, 5) is 39.1. The van der Waals surface area contributed by atoms with E-state index in [1.54, 1.807) is 0 Å². The summed E-state index contributed by atoms with van der Waals surface area (Å²) in [6.45, 7) is 0. The number of rotatable bonds is 6. The topological polar surface area (TPSA) is 271 Å². The van der Waals surface area contributed by atoms with Crippen molar-refractivity contribution in [3.05, 3.63) is 0 Å². The Morgan fingerprint density at radius 1 is 0.455 bits per heavy atom. The maximum Gasteiger partial charge on any atom is 0.335 e. The quantitative estimate of drug-likeness (QED) is 0.163.